The van der Waals surface area contributed by atoms with E-state index < -0.39 is 5.97 Å². The van der Waals surface area contributed by atoms with Gasteiger partial charge in [0.15, 0.2) is 0 Å². The first-order chi connectivity index (χ1) is 7.13. The first kappa shape index (κ1) is 13.5. The predicted octanol–water partition coefficient (Wildman–Crippen LogP) is 1.31. The molecule has 0 aromatic heterocycles. The van der Waals surface area contributed by atoms with Crippen molar-refractivity contribution in [1.29, 1.82) is 0 Å². The number of nitrogens with one attached hydrogen (secondary N) is 1. The lowest BCUT2D eigenvalue weighted by molar-refractivity contribution is -0.138. The summed E-state index contributed by atoms with van der Waals surface area (Å²) in [6.45, 7) is 12.6. The quantitative estimate of drug-likeness (QED) is 0.748. The molecule has 4 nitrogen and oxygen atoms in total. The average molecular weight is 228 g/mol. The summed E-state index contributed by atoms with van der Waals surface area (Å²) in [7, 11) is 0. The number of carboxylic acid groups (broad SMARTS) is 1. The molecule has 94 valence electrons. The molecule has 16 heavy (non-hydrogen) atoms. The molecule has 1 unspecified atom stereocenters. The molecule has 0 spiro atoms. The third-order valence-electron chi connectivity index (χ3n) is 3.19. The number of carbonyl (C=O) groups is 1. The van der Waals surface area contributed by atoms with Crippen molar-refractivity contribution in [3.05, 3.63) is 0 Å². The first-order valence-corrected chi connectivity index (χ1v) is 5.86. The second kappa shape index (κ2) is 4.34. The summed E-state index contributed by atoms with van der Waals surface area (Å²) in [6, 6.07) is 0.0600. The number of piperazine rings is 1. The van der Waals surface area contributed by atoms with Gasteiger partial charge in [-0.1, -0.05) is 0 Å². The SMILES string of the molecule is CC(C)(C)N1CC(CC(=O)O)NCC1(C)C. The molecule has 0 bridgehead atoms. The van der Waals surface area contributed by atoms with Crippen LogP contribution in [0.4, 0.5) is 0 Å². The fraction of sp³-hybridized carbons (Fsp3) is 0.917. The van der Waals surface area contributed by atoms with Crippen LogP contribution in [0.2, 0.25) is 0 Å². The van der Waals surface area contributed by atoms with Crippen LogP contribution in [0.25, 0.3) is 0 Å². The highest BCUT2D eigenvalue weighted by atomic mass is 16.4. The summed E-state index contributed by atoms with van der Waals surface area (Å²) in [4.78, 5) is 13.1. The van der Waals surface area contributed by atoms with E-state index in [4.69, 9.17) is 5.11 Å². The number of hydrogen-bond acceptors (Lipinski definition) is 3. The van der Waals surface area contributed by atoms with Crippen LogP contribution in [0, 0.1) is 0 Å². The Balaban J connectivity index is 2.74. The van der Waals surface area contributed by atoms with Gasteiger partial charge in [0.05, 0.1) is 6.42 Å². The Bertz CT molecular complexity index is 269. The summed E-state index contributed by atoms with van der Waals surface area (Å²) < 4.78 is 0. The third kappa shape index (κ3) is 3.19. The van der Waals surface area contributed by atoms with E-state index in [1.54, 1.807) is 0 Å². The van der Waals surface area contributed by atoms with Gasteiger partial charge in [-0.15, -0.1) is 0 Å². The molecule has 1 aliphatic heterocycles. The van der Waals surface area contributed by atoms with Crippen LogP contribution < -0.4 is 5.32 Å². The Morgan fingerprint density at radius 2 is 2.06 bits per heavy atom. The molecule has 1 heterocycles. The second-order valence-electron chi connectivity index (χ2n) is 6.27. The van der Waals surface area contributed by atoms with Crippen molar-refractivity contribution >= 4 is 5.97 Å². The average Bonchev–Trinajstić information content (AvgIpc) is 2.05. The molecule has 2 N–H and O–H groups in total. The highest BCUT2D eigenvalue weighted by Crippen LogP contribution is 2.28. The zero-order chi connectivity index (χ0) is 12.6. The maximum Gasteiger partial charge on any atom is 0.304 e. The van der Waals surface area contributed by atoms with E-state index in [9.17, 15) is 4.79 Å². The van der Waals surface area contributed by atoms with Crippen LogP contribution >= 0.6 is 0 Å². The van der Waals surface area contributed by atoms with E-state index in [0.717, 1.165) is 13.1 Å². The number of hydrogen-bond donors (Lipinski definition) is 2. The van der Waals surface area contributed by atoms with Gasteiger partial charge in [0, 0.05) is 30.2 Å². The Kier molecular flexibility index (Phi) is 3.65. The third-order valence-corrected chi connectivity index (χ3v) is 3.19. The van der Waals surface area contributed by atoms with Crippen molar-refractivity contribution in [2.24, 2.45) is 0 Å². The minimum atomic E-state index is -0.730. The summed E-state index contributed by atoms with van der Waals surface area (Å²) in [5.74, 6) is -0.730. The molecule has 1 rings (SSSR count). The van der Waals surface area contributed by atoms with E-state index in [1.165, 1.54) is 0 Å². The molecule has 0 aromatic carbocycles. The lowest BCUT2D eigenvalue weighted by Gasteiger charge is -2.52. The van der Waals surface area contributed by atoms with E-state index in [1.807, 2.05) is 0 Å². The highest BCUT2D eigenvalue weighted by Gasteiger charge is 2.40. The van der Waals surface area contributed by atoms with E-state index in [-0.39, 0.29) is 23.5 Å². The number of nitrogens with zero attached hydrogens (tertiary/aromatic N) is 1. The number of rotatable bonds is 2. The molecule has 0 aliphatic carbocycles. The standard InChI is InChI=1S/C12H24N2O2/c1-11(2,3)14-7-9(6-10(15)16)13-8-12(14,4)5/h9,13H,6-8H2,1-5H3,(H,15,16). The molecule has 1 aliphatic rings. The van der Waals surface area contributed by atoms with Crippen molar-refractivity contribution in [1.82, 2.24) is 10.2 Å². The van der Waals surface area contributed by atoms with Gasteiger partial charge in [0.25, 0.3) is 0 Å². The maximum atomic E-state index is 10.7. The number of carboxylic acids is 1. The normalized spacial score (nSPS) is 26.7. The first-order valence-electron chi connectivity index (χ1n) is 5.86. The molecule has 1 fully saturated rings. The van der Waals surface area contributed by atoms with Gasteiger partial charge in [0.2, 0.25) is 0 Å². The van der Waals surface area contributed by atoms with Gasteiger partial charge in [-0.2, -0.15) is 0 Å². The van der Waals surface area contributed by atoms with Crippen LogP contribution in [-0.4, -0.2) is 46.2 Å². The molecular formula is C12H24N2O2. The molecule has 0 aromatic rings. The largest absolute Gasteiger partial charge is 0.481 e. The Morgan fingerprint density at radius 1 is 1.50 bits per heavy atom. The molecule has 0 saturated carbocycles. The van der Waals surface area contributed by atoms with Crippen molar-refractivity contribution in [2.75, 3.05) is 13.1 Å². The van der Waals surface area contributed by atoms with Gasteiger partial charge >= 0.3 is 5.97 Å². The van der Waals surface area contributed by atoms with E-state index in [0.29, 0.717) is 0 Å². The van der Waals surface area contributed by atoms with Crippen LogP contribution in [0.15, 0.2) is 0 Å². The van der Waals surface area contributed by atoms with Gasteiger partial charge in [0.1, 0.15) is 0 Å². The summed E-state index contributed by atoms with van der Waals surface area (Å²) in [5.41, 5.74) is 0.148. The monoisotopic (exact) mass is 228 g/mol. The zero-order valence-corrected chi connectivity index (χ0v) is 11.0. The smallest absolute Gasteiger partial charge is 0.304 e. The fourth-order valence-electron chi connectivity index (χ4n) is 2.55. The molecule has 1 saturated heterocycles. The van der Waals surface area contributed by atoms with E-state index >= 15 is 0 Å². The van der Waals surface area contributed by atoms with Crippen molar-refractivity contribution in [3.8, 4) is 0 Å². The molecule has 0 radical (unpaired) electrons. The summed E-state index contributed by atoms with van der Waals surface area (Å²) in [6.07, 6.45) is 0.197. The zero-order valence-electron chi connectivity index (χ0n) is 11.0. The van der Waals surface area contributed by atoms with Gasteiger partial charge in [-0.25, -0.2) is 0 Å². The van der Waals surface area contributed by atoms with Gasteiger partial charge in [-0.05, 0) is 34.6 Å². The van der Waals surface area contributed by atoms with Crippen molar-refractivity contribution in [2.45, 2.75) is 58.2 Å². The van der Waals surface area contributed by atoms with Crippen molar-refractivity contribution < 1.29 is 9.90 Å². The van der Waals surface area contributed by atoms with Crippen LogP contribution in [0.1, 0.15) is 41.0 Å². The Labute approximate surface area is 98.0 Å². The number of aliphatic carboxylic acids is 1. The second-order valence-corrected chi connectivity index (χ2v) is 6.27. The van der Waals surface area contributed by atoms with Crippen LogP contribution in [0.3, 0.4) is 0 Å². The minimum Gasteiger partial charge on any atom is -0.481 e. The lowest BCUT2D eigenvalue weighted by Crippen LogP contribution is -2.67. The topological polar surface area (TPSA) is 52.6 Å². The highest BCUT2D eigenvalue weighted by molar-refractivity contribution is 5.67. The minimum absolute atomic E-state index is 0.0600. The van der Waals surface area contributed by atoms with Gasteiger partial charge < -0.3 is 10.4 Å². The van der Waals surface area contributed by atoms with Crippen LogP contribution in [0.5, 0.6) is 0 Å². The Morgan fingerprint density at radius 3 is 2.50 bits per heavy atom. The summed E-state index contributed by atoms with van der Waals surface area (Å²) >= 11 is 0. The molecule has 4 heteroatoms. The van der Waals surface area contributed by atoms with Crippen molar-refractivity contribution in [3.63, 3.8) is 0 Å². The fourth-order valence-corrected chi connectivity index (χ4v) is 2.55. The molecule has 0 amide bonds. The van der Waals surface area contributed by atoms with E-state index in [2.05, 4.69) is 44.8 Å². The Hall–Kier alpha value is -0.610. The molecular weight excluding hydrogens is 204 g/mol. The maximum absolute atomic E-state index is 10.7. The summed E-state index contributed by atoms with van der Waals surface area (Å²) in [5, 5.41) is 12.1. The van der Waals surface area contributed by atoms with Crippen LogP contribution in [-0.2, 0) is 4.79 Å². The van der Waals surface area contributed by atoms with Gasteiger partial charge in [-0.3, -0.25) is 9.69 Å². The molecule has 1 atom stereocenters. The predicted molar refractivity (Wildman–Crippen MR) is 64.6 cm³/mol. The lowest BCUT2D eigenvalue weighted by atomic mass is 9.90.